The minimum absolute atomic E-state index is 0.0396. The lowest BCUT2D eigenvalue weighted by Crippen LogP contribution is -2.55. The van der Waals surface area contributed by atoms with Gasteiger partial charge < -0.3 is 28.4 Å². The van der Waals surface area contributed by atoms with Crippen LogP contribution in [0.25, 0.3) is 0 Å². The summed E-state index contributed by atoms with van der Waals surface area (Å²) in [6.07, 6.45) is 6.97. The van der Waals surface area contributed by atoms with Crippen LogP contribution in [0.2, 0.25) is 0 Å². The van der Waals surface area contributed by atoms with E-state index in [1.54, 1.807) is 14.2 Å². The summed E-state index contributed by atoms with van der Waals surface area (Å²) in [6.45, 7) is 22.9. The van der Waals surface area contributed by atoms with E-state index in [1.165, 1.54) is 32.1 Å². The second-order valence-electron chi connectivity index (χ2n) is 9.50. The normalized spacial score (nSPS) is 19.7. The molecule has 1 aliphatic carbocycles. The van der Waals surface area contributed by atoms with E-state index in [4.69, 9.17) is 28.4 Å². The molecule has 7 heteroatoms. The van der Waals surface area contributed by atoms with Crippen LogP contribution in [-0.4, -0.2) is 39.4 Å². The molecule has 2 aromatic rings. The average molecular weight is 588 g/mol. The Kier molecular flexibility index (Phi) is 16.9. The Labute approximate surface area is 255 Å². The van der Waals surface area contributed by atoms with E-state index in [0.29, 0.717) is 29.9 Å². The molecule has 2 atom stereocenters. The average Bonchev–Trinajstić information content (AvgIpc) is 3.51. The topological polar surface area (TPSA) is 67.4 Å². The Morgan fingerprint density at radius 2 is 1.38 bits per heavy atom. The molecule has 2 unspecified atom stereocenters. The van der Waals surface area contributed by atoms with Crippen LogP contribution >= 0.6 is 0 Å². The molecular weight excluding hydrogens is 530 g/mol. The van der Waals surface area contributed by atoms with Crippen molar-refractivity contribution in [1.29, 1.82) is 0 Å². The molecule has 238 valence electrons. The van der Waals surface area contributed by atoms with Crippen molar-refractivity contribution in [2.75, 3.05) is 27.6 Å². The number of hydrogen-bond acceptors (Lipinski definition) is 7. The molecule has 1 saturated carbocycles. The maximum Gasteiger partial charge on any atom is 0.231 e. The van der Waals surface area contributed by atoms with Crippen molar-refractivity contribution in [1.82, 2.24) is 5.32 Å². The maximum absolute atomic E-state index is 6.64. The van der Waals surface area contributed by atoms with Gasteiger partial charge in [0.1, 0.15) is 5.75 Å². The number of nitrogens with one attached hydrogen (secondary N) is 1. The van der Waals surface area contributed by atoms with Gasteiger partial charge in [-0.15, -0.1) is 13.2 Å². The van der Waals surface area contributed by atoms with Gasteiger partial charge >= 0.3 is 0 Å². The highest BCUT2D eigenvalue weighted by Crippen LogP contribution is 2.51. The van der Waals surface area contributed by atoms with Crippen molar-refractivity contribution in [2.45, 2.75) is 112 Å². The highest BCUT2D eigenvalue weighted by atomic mass is 16.7. The smallest absolute Gasteiger partial charge is 0.231 e. The van der Waals surface area contributed by atoms with Crippen molar-refractivity contribution >= 4 is 0 Å². The molecule has 2 heterocycles. The van der Waals surface area contributed by atoms with Gasteiger partial charge in [-0.25, -0.2) is 0 Å². The molecule has 2 aliphatic heterocycles. The van der Waals surface area contributed by atoms with Crippen LogP contribution in [0.1, 0.15) is 111 Å². The molecule has 5 rings (SSSR count). The fourth-order valence-corrected chi connectivity index (χ4v) is 5.54. The summed E-state index contributed by atoms with van der Waals surface area (Å²) in [6, 6.07) is 8.59. The van der Waals surface area contributed by atoms with Crippen molar-refractivity contribution in [3.63, 3.8) is 0 Å². The minimum atomic E-state index is -0.521. The quantitative estimate of drug-likeness (QED) is 0.324. The Morgan fingerprint density at radius 3 is 1.90 bits per heavy atom. The van der Waals surface area contributed by atoms with Crippen molar-refractivity contribution < 1.29 is 28.4 Å². The summed E-state index contributed by atoms with van der Waals surface area (Å²) in [4.78, 5) is 0. The second kappa shape index (κ2) is 19.2. The number of benzene rings is 2. The van der Waals surface area contributed by atoms with E-state index in [2.05, 4.69) is 43.6 Å². The first-order valence-electron chi connectivity index (χ1n) is 15.8. The lowest BCUT2D eigenvalue weighted by Gasteiger charge is -2.43. The fourth-order valence-electron chi connectivity index (χ4n) is 5.54. The van der Waals surface area contributed by atoms with Gasteiger partial charge in [0.15, 0.2) is 28.7 Å². The molecule has 0 bridgehead atoms. The van der Waals surface area contributed by atoms with Crippen molar-refractivity contribution in [2.24, 2.45) is 0 Å². The molecule has 2 aromatic carbocycles. The predicted molar refractivity (Wildman–Crippen MR) is 174 cm³/mol. The third kappa shape index (κ3) is 8.97. The number of ether oxygens (including phenoxy) is 6. The molecule has 0 spiro atoms. The molecule has 7 nitrogen and oxygen atoms in total. The maximum atomic E-state index is 6.64. The predicted octanol–water partition coefficient (Wildman–Crippen LogP) is 9.26. The third-order valence-electron chi connectivity index (χ3n) is 7.10. The summed E-state index contributed by atoms with van der Waals surface area (Å²) in [5, 5.41) is 3.85. The van der Waals surface area contributed by atoms with Gasteiger partial charge in [-0.3, -0.25) is 5.32 Å². The van der Waals surface area contributed by atoms with Gasteiger partial charge in [-0.2, -0.15) is 0 Å². The third-order valence-corrected chi connectivity index (χ3v) is 7.10. The van der Waals surface area contributed by atoms with Crippen LogP contribution in [0.5, 0.6) is 34.5 Å². The zero-order chi connectivity index (χ0) is 31.7. The summed E-state index contributed by atoms with van der Waals surface area (Å²) in [5.41, 5.74) is 1.63. The Hall–Kier alpha value is -3.06. The summed E-state index contributed by atoms with van der Waals surface area (Å²) in [5.74, 6) is 4.27. The van der Waals surface area contributed by atoms with E-state index in [-0.39, 0.29) is 12.7 Å². The van der Waals surface area contributed by atoms with Crippen molar-refractivity contribution in [3.8, 4) is 34.5 Å². The highest BCUT2D eigenvalue weighted by molar-refractivity contribution is 5.60. The summed E-state index contributed by atoms with van der Waals surface area (Å²) < 4.78 is 35.3. The molecule has 0 saturated heterocycles. The molecule has 1 N–H and O–H groups in total. The first-order chi connectivity index (χ1) is 20.5. The standard InChI is InChI=1S/C27H35NO6.3C2H6.C2H4/c1-5-31-26-24(29-3)11-17(12-25(26)30-4)20-15-27(2,28-18-9-7-6-8-10-18)34-21-14-23-22(13-19(20)21)32-16-33-23;4*1-2/h11-14,18,20,28H,5-10,15-16H2,1-4H3;3*1-2H3;1-2H2. The summed E-state index contributed by atoms with van der Waals surface area (Å²) >= 11 is 0. The number of rotatable bonds is 7. The van der Waals surface area contributed by atoms with Crippen LogP contribution in [0.15, 0.2) is 37.4 Å². The zero-order valence-electron chi connectivity index (χ0n) is 28.0. The molecule has 42 heavy (non-hydrogen) atoms. The Morgan fingerprint density at radius 1 is 0.833 bits per heavy atom. The fraction of sp³-hybridized carbons (Fsp3) is 0.600. The van der Waals surface area contributed by atoms with Gasteiger partial charge in [0.05, 0.1) is 20.8 Å². The second-order valence-corrected chi connectivity index (χ2v) is 9.50. The van der Waals surface area contributed by atoms with E-state index >= 15 is 0 Å². The zero-order valence-corrected chi connectivity index (χ0v) is 28.0. The molecule has 0 aromatic heterocycles. The van der Waals surface area contributed by atoms with E-state index < -0.39 is 5.72 Å². The molecule has 0 radical (unpaired) electrons. The van der Waals surface area contributed by atoms with Crippen LogP contribution < -0.4 is 33.7 Å². The first-order valence-corrected chi connectivity index (χ1v) is 15.8. The molecular formula is C35H57NO6. The SMILES string of the molecule is C=C.CC.CC.CC.CCOc1c(OC)cc(C2CC(C)(NC3CCCCC3)Oc3cc4c(cc32)OCO4)cc1OC. The Balaban J connectivity index is 0.00000102. The van der Waals surface area contributed by atoms with Crippen LogP contribution in [0, 0.1) is 0 Å². The molecule has 3 aliphatic rings. The van der Waals surface area contributed by atoms with Crippen LogP contribution in [-0.2, 0) is 0 Å². The van der Waals surface area contributed by atoms with E-state index in [1.807, 2.05) is 54.5 Å². The van der Waals surface area contributed by atoms with E-state index in [0.717, 1.165) is 34.8 Å². The molecule has 0 amide bonds. The van der Waals surface area contributed by atoms with E-state index in [9.17, 15) is 0 Å². The highest BCUT2D eigenvalue weighted by Gasteiger charge is 2.41. The minimum Gasteiger partial charge on any atom is -0.493 e. The summed E-state index contributed by atoms with van der Waals surface area (Å²) in [7, 11) is 3.32. The number of methoxy groups -OCH3 is 2. The first kappa shape index (κ1) is 37.0. The van der Waals surface area contributed by atoms with Gasteiger partial charge in [-0.1, -0.05) is 60.8 Å². The Bertz CT molecular complexity index is 1030. The van der Waals surface area contributed by atoms with Crippen LogP contribution in [0.4, 0.5) is 0 Å². The largest absolute Gasteiger partial charge is 0.493 e. The lowest BCUT2D eigenvalue weighted by atomic mass is 9.81. The molecule has 1 fully saturated rings. The van der Waals surface area contributed by atoms with Gasteiger partial charge in [0, 0.05) is 30.0 Å². The number of fused-ring (bicyclic) bond motifs is 2. The van der Waals surface area contributed by atoms with Crippen LogP contribution in [0.3, 0.4) is 0 Å². The van der Waals surface area contributed by atoms with Gasteiger partial charge in [0.25, 0.3) is 0 Å². The van der Waals surface area contributed by atoms with Crippen molar-refractivity contribution in [3.05, 3.63) is 48.6 Å². The monoisotopic (exact) mass is 587 g/mol. The van der Waals surface area contributed by atoms with Gasteiger partial charge in [-0.05, 0) is 50.5 Å². The van der Waals surface area contributed by atoms with Gasteiger partial charge in [0.2, 0.25) is 12.5 Å². The number of hydrogen-bond donors (Lipinski definition) is 1. The lowest BCUT2D eigenvalue weighted by molar-refractivity contribution is 0.00830.